The molecule has 0 saturated heterocycles. The van der Waals surface area contributed by atoms with E-state index in [1.54, 1.807) is 0 Å². The van der Waals surface area contributed by atoms with Crippen LogP contribution in [-0.4, -0.2) is 24.0 Å². The van der Waals surface area contributed by atoms with Crippen LogP contribution in [0, 0.1) is 5.41 Å². The number of carbonyl (C=O) groups excluding carboxylic acids is 1. The lowest BCUT2D eigenvalue weighted by molar-refractivity contribution is -0.123. The number of nitrogens with one attached hydrogen (secondary N) is 2. The summed E-state index contributed by atoms with van der Waals surface area (Å²) in [6, 6.07) is 0.579. The Bertz CT molecular complexity index is 261. The summed E-state index contributed by atoms with van der Waals surface area (Å²) in [6.07, 6.45) is 5.03. The molecule has 1 fully saturated rings. The predicted molar refractivity (Wildman–Crippen MR) is 71.9 cm³/mol. The van der Waals surface area contributed by atoms with Crippen molar-refractivity contribution in [2.24, 2.45) is 5.41 Å². The van der Waals surface area contributed by atoms with Crippen molar-refractivity contribution in [3.8, 4) is 0 Å². The zero-order valence-electron chi connectivity index (χ0n) is 12.0. The molecule has 1 amide bonds. The highest BCUT2D eigenvalue weighted by Gasteiger charge is 2.33. The van der Waals surface area contributed by atoms with Crippen molar-refractivity contribution in [1.82, 2.24) is 10.6 Å². The van der Waals surface area contributed by atoms with Crippen LogP contribution in [-0.2, 0) is 4.79 Å². The summed E-state index contributed by atoms with van der Waals surface area (Å²) in [5.74, 6) is 0.112. The average Bonchev–Trinajstić information content (AvgIpc) is 2.19. The summed E-state index contributed by atoms with van der Waals surface area (Å²) < 4.78 is 0. The maximum absolute atomic E-state index is 11.9. The number of hydrogen-bond acceptors (Lipinski definition) is 2. The summed E-state index contributed by atoms with van der Waals surface area (Å²) in [5.41, 5.74) is 0.310. The Labute approximate surface area is 106 Å². The van der Waals surface area contributed by atoms with Gasteiger partial charge in [-0.15, -0.1) is 0 Å². The van der Waals surface area contributed by atoms with Gasteiger partial charge in [0.25, 0.3) is 0 Å². The molecule has 0 spiro atoms. The molecule has 0 aromatic carbocycles. The van der Waals surface area contributed by atoms with Crippen molar-refractivity contribution in [2.75, 3.05) is 0 Å². The SMILES string of the molecule is CC(C)NC(=O)C(C)NC1CCCCC1(C)C. The summed E-state index contributed by atoms with van der Waals surface area (Å²) in [7, 11) is 0. The van der Waals surface area contributed by atoms with E-state index in [1.165, 1.54) is 25.7 Å². The van der Waals surface area contributed by atoms with Gasteiger partial charge in [-0.3, -0.25) is 4.79 Å². The zero-order chi connectivity index (χ0) is 13.1. The van der Waals surface area contributed by atoms with Crippen molar-refractivity contribution in [1.29, 1.82) is 0 Å². The van der Waals surface area contributed by atoms with Gasteiger partial charge in [-0.1, -0.05) is 26.7 Å². The Balaban J connectivity index is 2.49. The number of amides is 1. The first-order chi connectivity index (χ1) is 7.83. The first kappa shape index (κ1) is 14.5. The van der Waals surface area contributed by atoms with E-state index in [0.29, 0.717) is 11.5 Å². The van der Waals surface area contributed by atoms with E-state index >= 15 is 0 Å². The summed E-state index contributed by atoms with van der Waals surface area (Å²) in [4.78, 5) is 11.9. The normalized spacial score (nSPS) is 25.6. The monoisotopic (exact) mass is 240 g/mol. The second-order valence-electron chi connectivity index (χ2n) is 6.34. The highest BCUT2D eigenvalue weighted by molar-refractivity contribution is 5.81. The molecule has 0 bridgehead atoms. The average molecular weight is 240 g/mol. The van der Waals surface area contributed by atoms with Gasteiger partial charge in [0.15, 0.2) is 0 Å². The van der Waals surface area contributed by atoms with Gasteiger partial charge in [0.2, 0.25) is 5.91 Å². The van der Waals surface area contributed by atoms with Crippen molar-refractivity contribution in [2.45, 2.75) is 78.4 Å². The Morgan fingerprint density at radius 1 is 1.24 bits per heavy atom. The summed E-state index contributed by atoms with van der Waals surface area (Å²) in [6.45, 7) is 10.6. The van der Waals surface area contributed by atoms with E-state index in [1.807, 2.05) is 20.8 Å². The molecule has 2 atom stereocenters. The third-order valence-electron chi connectivity index (χ3n) is 3.78. The lowest BCUT2D eigenvalue weighted by Gasteiger charge is -2.40. The molecular weight excluding hydrogens is 212 g/mol. The van der Waals surface area contributed by atoms with Gasteiger partial charge < -0.3 is 10.6 Å². The molecule has 100 valence electrons. The van der Waals surface area contributed by atoms with E-state index in [4.69, 9.17) is 0 Å². The van der Waals surface area contributed by atoms with Crippen LogP contribution in [0.1, 0.15) is 60.3 Å². The molecule has 0 heterocycles. The second kappa shape index (κ2) is 5.85. The molecule has 0 aliphatic heterocycles. The molecule has 2 unspecified atom stereocenters. The lowest BCUT2D eigenvalue weighted by Crippen LogP contribution is -2.53. The van der Waals surface area contributed by atoms with Crippen LogP contribution in [0.5, 0.6) is 0 Å². The van der Waals surface area contributed by atoms with E-state index in [0.717, 1.165) is 0 Å². The number of carbonyl (C=O) groups is 1. The minimum Gasteiger partial charge on any atom is -0.353 e. The molecule has 1 rings (SSSR count). The third kappa shape index (κ3) is 4.30. The highest BCUT2D eigenvalue weighted by Crippen LogP contribution is 2.35. The predicted octanol–water partition coefficient (Wildman–Crippen LogP) is 2.46. The van der Waals surface area contributed by atoms with Crippen molar-refractivity contribution >= 4 is 5.91 Å². The Morgan fingerprint density at radius 3 is 2.41 bits per heavy atom. The van der Waals surface area contributed by atoms with E-state index in [2.05, 4.69) is 24.5 Å². The molecule has 1 aliphatic rings. The fourth-order valence-electron chi connectivity index (χ4n) is 2.59. The minimum atomic E-state index is -0.0974. The second-order valence-corrected chi connectivity index (χ2v) is 6.34. The maximum atomic E-state index is 11.9. The Morgan fingerprint density at radius 2 is 1.88 bits per heavy atom. The molecule has 17 heavy (non-hydrogen) atoms. The molecule has 0 radical (unpaired) electrons. The van der Waals surface area contributed by atoms with Crippen LogP contribution in [0.3, 0.4) is 0 Å². The molecule has 3 nitrogen and oxygen atoms in total. The van der Waals surface area contributed by atoms with Gasteiger partial charge >= 0.3 is 0 Å². The van der Waals surface area contributed by atoms with Crippen LogP contribution in [0.4, 0.5) is 0 Å². The Kier molecular flexibility index (Phi) is 4.99. The van der Waals surface area contributed by atoms with E-state index < -0.39 is 0 Å². The Hall–Kier alpha value is -0.570. The standard InChI is InChI=1S/C14H28N2O/c1-10(2)15-13(17)11(3)16-12-8-6-7-9-14(12,4)5/h10-12,16H,6-9H2,1-5H3,(H,15,17). The first-order valence-corrected chi connectivity index (χ1v) is 6.89. The molecule has 1 aliphatic carbocycles. The first-order valence-electron chi connectivity index (χ1n) is 6.89. The topological polar surface area (TPSA) is 41.1 Å². The largest absolute Gasteiger partial charge is 0.353 e. The van der Waals surface area contributed by atoms with Crippen LogP contribution in [0.2, 0.25) is 0 Å². The molecule has 0 aromatic heterocycles. The van der Waals surface area contributed by atoms with Gasteiger partial charge in [0.1, 0.15) is 0 Å². The smallest absolute Gasteiger partial charge is 0.237 e. The molecule has 3 heteroatoms. The van der Waals surface area contributed by atoms with Gasteiger partial charge in [-0.25, -0.2) is 0 Å². The van der Waals surface area contributed by atoms with Gasteiger partial charge in [0.05, 0.1) is 6.04 Å². The minimum absolute atomic E-state index is 0.0974. The number of hydrogen-bond donors (Lipinski definition) is 2. The van der Waals surface area contributed by atoms with Crippen molar-refractivity contribution in [3.05, 3.63) is 0 Å². The van der Waals surface area contributed by atoms with Gasteiger partial charge in [0, 0.05) is 12.1 Å². The fraction of sp³-hybridized carbons (Fsp3) is 0.929. The lowest BCUT2D eigenvalue weighted by atomic mass is 9.73. The third-order valence-corrected chi connectivity index (χ3v) is 3.78. The van der Waals surface area contributed by atoms with E-state index in [-0.39, 0.29) is 18.0 Å². The quantitative estimate of drug-likeness (QED) is 0.792. The molecule has 2 N–H and O–H groups in total. The zero-order valence-corrected chi connectivity index (χ0v) is 12.0. The van der Waals surface area contributed by atoms with Crippen LogP contribution in [0.25, 0.3) is 0 Å². The van der Waals surface area contributed by atoms with Crippen LogP contribution in [0.15, 0.2) is 0 Å². The maximum Gasteiger partial charge on any atom is 0.237 e. The van der Waals surface area contributed by atoms with Gasteiger partial charge in [-0.2, -0.15) is 0 Å². The van der Waals surface area contributed by atoms with Crippen LogP contribution < -0.4 is 10.6 Å². The van der Waals surface area contributed by atoms with Gasteiger partial charge in [-0.05, 0) is 39.0 Å². The fourth-order valence-corrected chi connectivity index (χ4v) is 2.59. The molecule has 1 saturated carbocycles. The van der Waals surface area contributed by atoms with Crippen molar-refractivity contribution < 1.29 is 4.79 Å². The van der Waals surface area contributed by atoms with E-state index in [9.17, 15) is 4.79 Å². The summed E-state index contributed by atoms with van der Waals surface area (Å²) >= 11 is 0. The molecular formula is C14H28N2O. The van der Waals surface area contributed by atoms with Crippen LogP contribution >= 0.6 is 0 Å². The molecule has 0 aromatic rings. The van der Waals surface area contributed by atoms with Crippen molar-refractivity contribution in [3.63, 3.8) is 0 Å². The summed E-state index contributed by atoms with van der Waals surface area (Å²) in [5, 5.41) is 6.46. The highest BCUT2D eigenvalue weighted by atomic mass is 16.2. The number of rotatable bonds is 4.